The molecule has 0 unspecified atom stereocenters. The average molecular weight is 278 g/mol. The number of rotatable bonds is 5. The number of nitrogens with one attached hydrogen (secondary N) is 1. The van der Waals surface area contributed by atoms with Crippen LogP contribution in [0, 0.1) is 6.92 Å². The van der Waals surface area contributed by atoms with E-state index in [1.165, 1.54) is 0 Å². The van der Waals surface area contributed by atoms with Crippen LogP contribution < -0.4 is 9.46 Å². The van der Waals surface area contributed by atoms with Crippen LogP contribution >= 0.6 is 11.6 Å². The Hall–Kier alpha value is -0.780. The van der Waals surface area contributed by atoms with E-state index in [4.69, 9.17) is 16.3 Å². The maximum absolute atomic E-state index is 10.9. The second-order valence-corrected chi connectivity index (χ2v) is 6.10. The molecule has 0 aliphatic heterocycles. The SMILES string of the molecule is COc1c(C)cc(Cl)cc1CCNS(C)(=O)=O. The van der Waals surface area contributed by atoms with Gasteiger partial charge < -0.3 is 4.74 Å². The third-order valence-electron chi connectivity index (χ3n) is 2.28. The fourth-order valence-electron chi connectivity index (χ4n) is 1.65. The molecule has 0 fully saturated rings. The summed E-state index contributed by atoms with van der Waals surface area (Å²) < 4.78 is 29.6. The number of halogens is 1. The monoisotopic (exact) mass is 277 g/mol. The van der Waals surface area contributed by atoms with Gasteiger partial charge in [0.15, 0.2) is 0 Å². The van der Waals surface area contributed by atoms with Crippen molar-refractivity contribution in [3.05, 3.63) is 28.3 Å². The van der Waals surface area contributed by atoms with Crippen LogP contribution in [-0.4, -0.2) is 28.3 Å². The lowest BCUT2D eigenvalue weighted by Crippen LogP contribution is -2.24. The molecule has 1 rings (SSSR count). The zero-order chi connectivity index (χ0) is 13.1. The fourth-order valence-corrected chi connectivity index (χ4v) is 2.42. The quantitative estimate of drug-likeness (QED) is 0.892. The second-order valence-electron chi connectivity index (χ2n) is 3.83. The summed E-state index contributed by atoms with van der Waals surface area (Å²) in [5.41, 5.74) is 1.84. The molecule has 0 radical (unpaired) electrons. The average Bonchev–Trinajstić information content (AvgIpc) is 2.14. The highest BCUT2D eigenvalue weighted by Gasteiger charge is 2.09. The van der Waals surface area contributed by atoms with Gasteiger partial charge in [-0.3, -0.25) is 0 Å². The van der Waals surface area contributed by atoms with Crippen molar-refractivity contribution in [2.45, 2.75) is 13.3 Å². The van der Waals surface area contributed by atoms with Crippen molar-refractivity contribution in [2.24, 2.45) is 0 Å². The summed E-state index contributed by atoms with van der Waals surface area (Å²) in [6.45, 7) is 2.23. The minimum absolute atomic E-state index is 0.328. The first-order valence-electron chi connectivity index (χ1n) is 5.11. The number of methoxy groups -OCH3 is 1. The largest absolute Gasteiger partial charge is 0.496 e. The van der Waals surface area contributed by atoms with E-state index in [0.717, 1.165) is 23.1 Å². The third-order valence-corrected chi connectivity index (χ3v) is 3.23. The number of hydrogen-bond donors (Lipinski definition) is 1. The molecule has 0 spiro atoms. The van der Waals surface area contributed by atoms with Gasteiger partial charge in [-0.15, -0.1) is 0 Å². The summed E-state index contributed by atoms with van der Waals surface area (Å²) in [6, 6.07) is 3.60. The van der Waals surface area contributed by atoms with Crippen LogP contribution in [0.5, 0.6) is 5.75 Å². The van der Waals surface area contributed by atoms with Crippen molar-refractivity contribution in [1.29, 1.82) is 0 Å². The van der Waals surface area contributed by atoms with E-state index in [9.17, 15) is 8.42 Å². The third kappa shape index (κ3) is 4.53. The maximum Gasteiger partial charge on any atom is 0.208 e. The highest BCUT2D eigenvalue weighted by atomic mass is 35.5. The second kappa shape index (κ2) is 5.71. The minimum atomic E-state index is -3.16. The van der Waals surface area contributed by atoms with Crippen LogP contribution in [0.25, 0.3) is 0 Å². The Bertz CT molecular complexity index is 500. The van der Waals surface area contributed by atoms with Gasteiger partial charge in [0.1, 0.15) is 5.75 Å². The molecule has 0 heterocycles. The van der Waals surface area contributed by atoms with Crippen molar-refractivity contribution >= 4 is 21.6 Å². The standard InChI is InChI=1S/C11H16ClNO3S/c1-8-6-10(12)7-9(11(8)16-2)4-5-13-17(3,14)15/h6-7,13H,4-5H2,1-3H3. The van der Waals surface area contributed by atoms with E-state index >= 15 is 0 Å². The van der Waals surface area contributed by atoms with Crippen LogP contribution in [0.3, 0.4) is 0 Å². The molecule has 0 saturated carbocycles. The van der Waals surface area contributed by atoms with Crippen molar-refractivity contribution < 1.29 is 13.2 Å². The van der Waals surface area contributed by atoms with Gasteiger partial charge in [0, 0.05) is 11.6 Å². The van der Waals surface area contributed by atoms with E-state index in [2.05, 4.69) is 4.72 Å². The van der Waals surface area contributed by atoms with Crippen LogP contribution in [0.4, 0.5) is 0 Å². The van der Waals surface area contributed by atoms with Crippen molar-refractivity contribution in [3.8, 4) is 5.75 Å². The molecule has 0 amide bonds. The van der Waals surface area contributed by atoms with Crippen molar-refractivity contribution in [3.63, 3.8) is 0 Å². The smallest absolute Gasteiger partial charge is 0.208 e. The molecule has 0 aliphatic carbocycles. The molecule has 1 aromatic rings. The molecule has 6 heteroatoms. The Kier molecular flexibility index (Phi) is 4.80. The molecule has 0 saturated heterocycles. The van der Waals surface area contributed by atoms with E-state index in [1.54, 1.807) is 13.2 Å². The van der Waals surface area contributed by atoms with Gasteiger partial charge in [-0.1, -0.05) is 11.6 Å². The Labute approximate surface area is 107 Å². The molecule has 4 nitrogen and oxygen atoms in total. The molecule has 0 atom stereocenters. The summed E-state index contributed by atoms with van der Waals surface area (Å²) in [6.07, 6.45) is 1.67. The van der Waals surface area contributed by atoms with Crippen LogP contribution in [-0.2, 0) is 16.4 Å². The Morgan fingerprint density at radius 3 is 2.59 bits per heavy atom. The van der Waals surface area contributed by atoms with Gasteiger partial charge >= 0.3 is 0 Å². The topological polar surface area (TPSA) is 55.4 Å². The zero-order valence-corrected chi connectivity index (χ0v) is 11.7. The summed E-state index contributed by atoms with van der Waals surface area (Å²) in [5, 5.41) is 0.623. The minimum Gasteiger partial charge on any atom is -0.496 e. The van der Waals surface area contributed by atoms with E-state index < -0.39 is 10.0 Å². The molecule has 0 aliphatic rings. The molecular weight excluding hydrogens is 262 g/mol. The first kappa shape index (κ1) is 14.3. The molecule has 96 valence electrons. The van der Waals surface area contributed by atoms with Gasteiger partial charge in [0.25, 0.3) is 0 Å². The predicted octanol–water partition coefficient (Wildman–Crippen LogP) is 1.75. The van der Waals surface area contributed by atoms with Crippen LogP contribution in [0.15, 0.2) is 12.1 Å². The lowest BCUT2D eigenvalue weighted by Gasteiger charge is -2.12. The highest BCUT2D eigenvalue weighted by molar-refractivity contribution is 7.88. The van der Waals surface area contributed by atoms with Gasteiger partial charge in [-0.2, -0.15) is 0 Å². The van der Waals surface area contributed by atoms with E-state index in [-0.39, 0.29) is 0 Å². The van der Waals surface area contributed by atoms with E-state index in [0.29, 0.717) is 18.0 Å². The van der Waals surface area contributed by atoms with Gasteiger partial charge in [0.2, 0.25) is 10.0 Å². The molecule has 0 aromatic heterocycles. The number of hydrogen-bond acceptors (Lipinski definition) is 3. The molecule has 17 heavy (non-hydrogen) atoms. The van der Waals surface area contributed by atoms with Crippen LogP contribution in [0.1, 0.15) is 11.1 Å². The lowest BCUT2D eigenvalue weighted by atomic mass is 10.1. The number of ether oxygens (including phenoxy) is 1. The molecular formula is C11H16ClNO3S. The highest BCUT2D eigenvalue weighted by Crippen LogP contribution is 2.27. The number of sulfonamides is 1. The fraction of sp³-hybridized carbons (Fsp3) is 0.455. The molecule has 1 aromatic carbocycles. The Morgan fingerprint density at radius 2 is 2.06 bits per heavy atom. The first-order valence-corrected chi connectivity index (χ1v) is 7.38. The van der Waals surface area contributed by atoms with Crippen LogP contribution in [0.2, 0.25) is 5.02 Å². The van der Waals surface area contributed by atoms with E-state index in [1.807, 2.05) is 13.0 Å². The summed E-state index contributed by atoms with van der Waals surface area (Å²) in [4.78, 5) is 0. The zero-order valence-electron chi connectivity index (χ0n) is 10.1. The normalized spacial score (nSPS) is 11.5. The van der Waals surface area contributed by atoms with Gasteiger partial charge in [-0.05, 0) is 36.6 Å². The summed E-state index contributed by atoms with van der Waals surface area (Å²) in [5.74, 6) is 0.754. The van der Waals surface area contributed by atoms with Crippen molar-refractivity contribution in [1.82, 2.24) is 4.72 Å². The molecule has 0 bridgehead atoms. The summed E-state index contributed by atoms with van der Waals surface area (Å²) >= 11 is 5.95. The summed E-state index contributed by atoms with van der Waals surface area (Å²) in [7, 11) is -1.57. The predicted molar refractivity (Wildman–Crippen MR) is 69.3 cm³/mol. The lowest BCUT2D eigenvalue weighted by molar-refractivity contribution is 0.406. The van der Waals surface area contributed by atoms with Gasteiger partial charge in [0.05, 0.1) is 13.4 Å². The number of aryl methyl sites for hydroxylation is 1. The maximum atomic E-state index is 10.9. The molecule has 1 N–H and O–H groups in total. The Morgan fingerprint density at radius 1 is 1.41 bits per heavy atom. The van der Waals surface area contributed by atoms with Crippen molar-refractivity contribution in [2.75, 3.05) is 19.9 Å². The van der Waals surface area contributed by atoms with Gasteiger partial charge in [-0.25, -0.2) is 13.1 Å². The first-order chi connectivity index (χ1) is 7.83. The Balaban J connectivity index is 2.83. The number of benzene rings is 1.